The zero-order chi connectivity index (χ0) is 27.3. The molecule has 0 bridgehead atoms. The van der Waals surface area contributed by atoms with Gasteiger partial charge >= 0.3 is 245 Å². The van der Waals surface area contributed by atoms with Crippen molar-refractivity contribution < 1.29 is 0 Å². The van der Waals surface area contributed by atoms with Crippen LogP contribution in [-0.4, -0.2) is 19.1 Å². The summed E-state index contributed by atoms with van der Waals surface area (Å²) in [6.07, 6.45) is 4.94. The number of benzene rings is 4. The van der Waals surface area contributed by atoms with E-state index in [2.05, 4.69) is 88.3 Å². The number of hydrogen-bond donors (Lipinski definition) is 0. The summed E-state index contributed by atoms with van der Waals surface area (Å²) in [5.41, 5.74) is 12.2. The summed E-state index contributed by atoms with van der Waals surface area (Å²) in [5, 5.41) is 12.6. The standard InChI is InChI=1S/C37H23N3Se/c1-39-31(21-38)34-26-11-3-2-9-23(26)24-16-15-22(19-28(24)34)33-20-30-36(41-33)40-32-14-5-4-10-25(32)27-12-8-13-29(35(27)40)37(30)17-6-7-18-37/h2-5,8-16,19-20H,6-7,17-18H2/b34-31-. The summed E-state index contributed by atoms with van der Waals surface area (Å²) in [6, 6.07) is 35.4. The molecule has 41 heavy (non-hydrogen) atoms. The number of allylic oxidation sites excluding steroid dienone is 1. The van der Waals surface area contributed by atoms with Gasteiger partial charge in [-0.25, -0.2) is 0 Å². The normalized spacial score (nSPS) is 16.8. The van der Waals surface area contributed by atoms with Crippen molar-refractivity contribution in [2.24, 2.45) is 0 Å². The van der Waals surface area contributed by atoms with Gasteiger partial charge in [0.1, 0.15) is 0 Å². The molecule has 1 fully saturated rings. The van der Waals surface area contributed by atoms with E-state index in [1.807, 2.05) is 18.2 Å². The Morgan fingerprint density at radius 3 is 2.39 bits per heavy atom. The minimum absolute atomic E-state index is 0.0822. The van der Waals surface area contributed by atoms with Crippen LogP contribution in [-0.2, 0) is 5.41 Å². The molecule has 2 aliphatic carbocycles. The molecule has 3 nitrogen and oxygen atoms in total. The first kappa shape index (κ1) is 23.1. The second-order valence-corrected chi connectivity index (χ2v) is 13.6. The topological polar surface area (TPSA) is 33.1 Å². The predicted molar refractivity (Wildman–Crippen MR) is 166 cm³/mol. The second-order valence-electron chi connectivity index (χ2n) is 11.4. The predicted octanol–water partition coefficient (Wildman–Crippen LogP) is 8.86. The van der Waals surface area contributed by atoms with Gasteiger partial charge in [-0.05, 0) is 0 Å². The molecule has 0 amide bonds. The summed E-state index contributed by atoms with van der Waals surface area (Å²) < 4.78 is 5.45. The van der Waals surface area contributed by atoms with E-state index in [0.717, 1.165) is 27.8 Å². The molecule has 0 atom stereocenters. The summed E-state index contributed by atoms with van der Waals surface area (Å²) in [6.45, 7) is 7.73. The van der Waals surface area contributed by atoms with Crippen molar-refractivity contribution in [2.75, 3.05) is 0 Å². The fourth-order valence-electron chi connectivity index (χ4n) is 7.92. The van der Waals surface area contributed by atoms with Crippen molar-refractivity contribution >= 4 is 41.9 Å². The summed E-state index contributed by atoms with van der Waals surface area (Å²) in [7, 11) is 0. The molecule has 3 heterocycles. The van der Waals surface area contributed by atoms with Crippen LogP contribution < -0.4 is 0 Å². The Kier molecular flexibility index (Phi) is 4.64. The van der Waals surface area contributed by atoms with Crippen LogP contribution in [0.3, 0.4) is 0 Å². The number of para-hydroxylation sites is 2. The summed E-state index contributed by atoms with van der Waals surface area (Å²) in [5.74, 6) is 0. The molecule has 1 aliphatic heterocycles. The molecule has 6 aromatic rings. The molecule has 1 saturated carbocycles. The van der Waals surface area contributed by atoms with E-state index in [1.165, 1.54) is 73.2 Å². The van der Waals surface area contributed by atoms with E-state index < -0.39 is 0 Å². The maximum absolute atomic E-state index is 9.86. The van der Waals surface area contributed by atoms with E-state index in [-0.39, 0.29) is 25.6 Å². The van der Waals surface area contributed by atoms with Gasteiger partial charge in [0.25, 0.3) is 0 Å². The number of nitriles is 1. The number of rotatable bonds is 1. The van der Waals surface area contributed by atoms with Crippen molar-refractivity contribution in [3.8, 4) is 31.8 Å². The Labute approximate surface area is 244 Å². The van der Waals surface area contributed by atoms with Crippen LogP contribution in [0.2, 0.25) is 0 Å². The van der Waals surface area contributed by atoms with Crippen molar-refractivity contribution in [2.45, 2.75) is 31.1 Å². The fraction of sp³-hybridized carbons (Fsp3) is 0.135. The summed E-state index contributed by atoms with van der Waals surface area (Å²) in [4.78, 5) is 3.63. The van der Waals surface area contributed by atoms with Crippen molar-refractivity contribution in [1.29, 1.82) is 5.26 Å². The van der Waals surface area contributed by atoms with Gasteiger partial charge < -0.3 is 0 Å². The van der Waals surface area contributed by atoms with Crippen LogP contribution in [0.4, 0.5) is 0 Å². The Balaban J connectivity index is 1.32. The number of hydrogen-bond acceptors (Lipinski definition) is 1. The minimum atomic E-state index is 0.0822. The second kappa shape index (κ2) is 8.22. The average Bonchev–Trinajstić information content (AvgIpc) is 3.80. The van der Waals surface area contributed by atoms with Crippen LogP contribution in [0.25, 0.3) is 57.9 Å². The van der Waals surface area contributed by atoms with Crippen LogP contribution in [0.15, 0.2) is 96.7 Å². The summed E-state index contributed by atoms with van der Waals surface area (Å²) >= 11 is 0.120. The number of aromatic nitrogens is 1. The van der Waals surface area contributed by atoms with Crippen molar-refractivity contribution in [3.05, 3.63) is 130 Å². The van der Waals surface area contributed by atoms with Gasteiger partial charge in [0.2, 0.25) is 0 Å². The van der Waals surface area contributed by atoms with E-state index in [4.69, 9.17) is 6.57 Å². The van der Waals surface area contributed by atoms with Gasteiger partial charge in [-0.1, -0.05) is 0 Å². The molecule has 4 aromatic carbocycles. The number of nitrogens with zero attached hydrogens (tertiary/aromatic N) is 3. The van der Waals surface area contributed by atoms with Crippen molar-refractivity contribution in [3.63, 3.8) is 0 Å². The molecule has 0 saturated heterocycles. The fourth-order valence-corrected chi connectivity index (χ4v) is 10.6. The number of fused-ring (bicyclic) bond motifs is 10. The van der Waals surface area contributed by atoms with Gasteiger partial charge in [0.15, 0.2) is 0 Å². The third-order valence-corrected chi connectivity index (χ3v) is 12.1. The van der Waals surface area contributed by atoms with E-state index >= 15 is 0 Å². The molecule has 0 N–H and O–H groups in total. The first-order valence-electron chi connectivity index (χ1n) is 14.2. The molecular formula is C37H23N3Se. The Hall–Kier alpha value is -4.60. The quantitative estimate of drug-likeness (QED) is 0.107. The molecule has 9 rings (SSSR count). The van der Waals surface area contributed by atoms with Gasteiger partial charge in [0.05, 0.1) is 0 Å². The third kappa shape index (κ3) is 2.87. The van der Waals surface area contributed by atoms with Gasteiger partial charge in [-0.15, -0.1) is 0 Å². The van der Waals surface area contributed by atoms with Crippen LogP contribution in [0.1, 0.15) is 47.9 Å². The van der Waals surface area contributed by atoms with Crippen LogP contribution in [0.5, 0.6) is 0 Å². The molecule has 192 valence electrons. The van der Waals surface area contributed by atoms with Gasteiger partial charge in [-0.3, -0.25) is 0 Å². The first-order valence-corrected chi connectivity index (χ1v) is 15.9. The Morgan fingerprint density at radius 1 is 0.805 bits per heavy atom. The van der Waals surface area contributed by atoms with Crippen LogP contribution in [0, 0.1) is 17.9 Å². The molecule has 0 unspecified atom stereocenters. The first-order chi connectivity index (χ1) is 20.2. The Bertz CT molecular complexity index is 2220. The SMILES string of the molecule is [C-]#[N+]/C(C#N)=C1/c2ccccc2-c2ccc(-c3cc4c([se]3)-n3c5ccccc5c5cccc(c53)C43CCCC3)cc21. The monoisotopic (exact) mass is 589 g/mol. The molecule has 1 spiro atoms. The van der Waals surface area contributed by atoms with E-state index in [0.29, 0.717) is 0 Å². The molecule has 3 aliphatic rings. The third-order valence-electron chi connectivity index (χ3n) is 9.61. The van der Waals surface area contributed by atoms with Crippen LogP contribution >= 0.6 is 0 Å². The molecular weight excluding hydrogens is 565 g/mol. The molecule has 0 radical (unpaired) electrons. The van der Waals surface area contributed by atoms with Crippen molar-refractivity contribution in [1.82, 2.24) is 4.57 Å². The van der Waals surface area contributed by atoms with E-state index in [9.17, 15) is 5.26 Å². The Morgan fingerprint density at radius 2 is 1.56 bits per heavy atom. The zero-order valence-corrected chi connectivity index (χ0v) is 24.0. The molecule has 2 aromatic heterocycles. The zero-order valence-electron chi connectivity index (χ0n) is 22.2. The van der Waals surface area contributed by atoms with E-state index in [1.54, 1.807) is 0 Å². The maximum atomic E-state index is 9.86. The average molecular weight is 589 g/mol. The molecule has 4 heteroatoms. The van der Waals surface area contributed by atoms with Gasteiger partial charge in [-0.2, -0.15) is 0 Å². The van der Waals surface area contributed by atoms with Gasteiger partial charge in [0, 0.05) is 0 Å².